The second-order valence-electron chi connectivity index (χ2n) is 7.23. The van der Waals surface area contributed by atoms with Gasteiger partial charge in [-0.1, -0.05) is 40.5 Å². The molecule has 0 N–H and O–H groups in total. The van der Waals surface area contributed by atoms with Crippen molar-refractivity contribution < 1.29 is 14.0 Å². The number of ether oxygens (including phenoxy) is 1. The van der Waals surface area contributed by atoms with Gasteiger partial charge in [-0.25, -0.2) is 9.07 Å². The SMILES string of the molecule is Cc1nn(C)c(Oc2ccc(F)cc2)c1/C=N\OCc1c(Cl)c(-c2ccc(Cl)cc2)nn1C. The van der Waals surface area contributed by atoms with Crippen molar-refractivity contribution in [3.05, 3.63) is 81.3 Å². The fourth-order valence-electron chi connectivity index (χ4n) is 3.21. The Bertz CT molecular complexity index is 1300. The van der Waals surface area contributed by atoms with Crippen LogP contribution in [0.2, 0.25) is 10.0 Å². The fraction of sp³-hybridized carbons (Fsp3) is 0.174. The molecular formula is C23H20Cl2FN5O2. The van der Waals surface area contributed by atoms with Crippen molar-refractivity contribution in [2.75, 3.05) is 0 Å². The van der Waals surface area contributed by atoms with E-state index >= 15 is 0 Å². The average molecular weight is 488 g/mol. The first-order valence-corrected chi connectivity index (χ1v) is 10.7. The van der Waals surface area contributed by atoms with Crippen molar-refractivity contribution in [3.63, 3.8) is 0 Å². The van der Waals surface area contributed by atoms with E-state index in [1.54, 1.807) is 35.6 Å². The Morgan fingerprint density at radius 2 is 1.70 bits per heavy atom. The van der Waals surface area contributed by atoms with Crippen LogP contribution < -0.4 is 4.74 Å². The minimum absolute atomic E-state index is 0.111. The van der Waals surface area contributed by atoms with E-state index < -0.39 is 0 Å². The molecule has 10 heteroatoms. The summed E-state index contributed by atoms with van der Waals surface area (Å²) < 4.78 is 22.3. The summed E-state index contributed by atoms with van der Waals surface area (Å²) in [5.41, 5.74) is 3.50. The number of oxime groups is 1. The van der Waals surface area contributed by atoms with E-state index in [9.17, 15) is 4.39 Å². The Morgan fingerprint density at radius 3 is 2.39 bits per heavy atom. The lowest BCUT2D eigenvalue weighted by molar-refractivity contribution is 0.126. The predicted molar refractivity (Wildman–Crippen MR) is 125 cm³/mol. The normalized spacial score (nSPS) is 11.3. The van der Waals surface area contributed by atoms with Gasteiger partial charge in [0.05, 0.1) is 28.2 Å². The Kier molecular flexibility index (Phi) is 6.67. The third-order valence-corrected chi connectivity index (χ3v) is 5.57. The van der Waals surface area contributed by atoms with Crippen molar-refractivity contribution >= 4 is 29.4 Å². The van der Waals surface area contributed by atoms with Gasteiger partial charge in [0.2, 0.25) is 5.88 Å². The average Bonchev–Trinajstić information content (AvgIpc) is 3.22. The minimum atomic E-state index is -0.341. The lowest BCUT2D eigenvalue weighted by atomic mass is 10.1. The summed E-state index contributed by atoms with van der Waals surface area (Å²) in [7, 11) is 3.53. The molecular weight excluding hydrogens is 468 g/mol. The molecule has 2 aromatic carbocycles. The van der Waals surface area contributed by atoms with Crippen molar-refractivity contribution in [2.45, 2.75) is 13.5 Å². The van der Waals surface area contributed by atoms with Gasteiger partial charge in [0.25, 0.3) is 0 Å². The van der Waals surface area contributed by atoms with E-state index in [1.807, 2.05) is 19.1 Å². The van der Waals surface area contributed by atoms with Crippen LogP contribution in [-0.4, -0.2) is 25.8 Å². The predicted octanol–water partition coefficient (Wildman–Crippen LogP) is 5.92. The number of aryl methyl sites for hydroxylation is 3. The van der Waals surface area contributed by atoms with Crippen molar-refractivity contribution in [2.24, 2.45) is 19.3 Å². The number of aromatic nitrogens is 4. The quantitative estimate of drug-likeness (QED) is 0.239. The number of nitrogens with zero attached hydrogens (tertiary/aromatic N) is 5. The first-order chi connectivity index (χ1) is 15.8. The summed E-state index contributed by atoms with van der Waals surface area (Å²) >= 11 is 12.5. The van der Waals surface area contributed by atoms with E-state index in [4.69, 9.17) is 32.8 Å². The van der Waals surface area contributed by atoms with Gasteiger partial charge in [-0.2, -0.15) is 10.2 Å². The van der Waals surface area contributed by atoms with Crippen LogP contribution in [0.4, 0.5) is 4.39 Å². The number of hydrogen-bond donors (Lipinski definition) is 0. The molecule has 170 valence electrons. The molecule has 0 unspecified atom stereocenters. The molecule has 33 heavy (non-hydrogen) atoms. The molecule has 0 spiro atoms. The highest BCUT2D eigenvalue weighted by atomic mass is 35.5. The smallest absolute Gasteiger partial charge is 0.226 e. The maximum absolute atomic E-state index is 13.2. The third kappa shape index (κ3) is 5.02. The zero-order valence-corrected chi connectivity index (χ0v) is 19.6. The van der Waals surface area contributed by atoms with Crippen LogP contribution in [0.3, 0.4) is 0 Å². The molecule has 0 aliphatic heterocycles. The Morgan fingerprint density at radius 1 is 1.00 bits per heavy atom. The molecule has 0 radical (unpaired) electrons. The highest BCUT2D eigenvalue weighted by Gasteiger charge is 2.17. The summed E-state index contributed by atoms with van der Waals surface area (Å²) in [6, 6.07) is 13.0. The molecule has 4 rings (SSSR count). The Hall–Kier alpha value is -3.36. The van der Waals surface area contributed by atoms with E-state index in [0.717, 1.165) is 5.56 Å². The monoisotopic (exact) mass is 487 g/mol. The number of hydrogen-bond acceptors (Lipinski definition) is 5. The van der Waals surface area contributed by atoms with E-state index in [-0.39, 0.29) is 12.4 Å². The molecule has 0 aliphatic rings. The number of rotatable bonds is 7. The number of halogens is 3. The van der Waals surface area contributed by atoms with Crippen LogP contribution in [0.15, 0.2) is 53.7 Å². The van der Waals surface area contributed by atoms with Crippen molar-refractivity contribution in [3.8, 4) is 22.9 Å². The molecule has 0 fully saturated rings. The minimum Gasteiger partial charge on any atom is -0.439 e. The van der Waals surface area contributed by atoms with Crippen molar-refractivity contribution in [1.29, 1.82) is 0 Å². The fourth-order valence-corrected chi connectivity index (χ4v) is 3.66. The second kappa shape index (κ2) is 9.64. The van der Waals surface area contributed by atoms with Crippen LogP contribution in [0.25, 0.3) is 11.3 Å². The maximum Gasteiger partial charge on any atom is 0.226 e. The molecule has 0 bridgehead atoms. The molecule has 0 atom stereocenters. The Balaban J connectivity index is 1.48. The summed E-state index contributed by atoms with van der Waals surface area (Å²) in [5, 5.41) is 14.0. The van der Waals surface area contributed by atoms with E-state index in [0.29, 0.717) is 44.3 Å². The zero-order valence-electron chi connectivity index (χ0n) is 18.1. The molecule has 0 amide bonds. The van der Waals surface area contributed by atoms with E-state index in [2.05, 4.69) is 15.4 Å². The van der Waals surface area contributed by atoms with Crippen LogP contribution in [0.5, 0.6) is 11.6 Å². The van der Waals surface area contributed by atoms with E-state index in [1.165, 1.54) is 30.5 Å². The van der Waals surface area contributed by atoms with Gasteiger partial charge in [0.1, 0.15) is 17.3 Å². The van der Waals surface area contributed by atoms with Gasteiger partial charge in [-0.05, 0) is 43.3 Å². The van der Waals surface area contributed by atoms with Gasteiger partial charge in [0.15, 0.2) is 6.61 Å². The van der Waals surface area contributed by atoms with Crippen LogP contribution in [-0.2, 0) is 25.5 Å². The topological polar surface area (TPSA) is 66.5 Å². The maximum atomic E-state index is 13.2. The van der Waals surface area contributed by atoms with Gasteiger partial charge in [-0.3, -0.25) is 4.68 Å². The van der Waals surface area contributed by atoms with Gasteiger partial charge in [0, 0.05) is 24.7 Å². The summed E-state index contributed by atoms with van der Waals surface area (Å²) in [6.45, 7) is 1.94. The molecule has 0 aliphatic carbocycles. The van der Waals surface area contributed by atoms with Crippen LogP contribution in [0.1, 0.15) is 17.0 Å². The molecule has 0 saturated heterocycles. The van der Waals surface area contributed by atoms with Crippen molar-refractivity contribution in [1.82, 2.24) is 19.6 Å². The Labute approximate surface area is 199 Å². The highest BCUT2D eigenvalue weighted by molar-refractivity contribution is 6.34. The number of benzene rings is 2. The highest BCUT2D eigenvalue weighted by Crippen LogP contribution is 2.31. The largest absolute Gasteiger partial charge is 0.439 e. The van der Waals surface area contributed by atoms with Crippen LogP contribution >= 0.6 is 23.2 Å². The summed E-state index contributed by atoms with van der Waals surface area (Å²) in [4.78, 5) is 5.50. The molecule has 2 aromatic heterocycles. The molecule has 4 aromatic rings. The standard InChI is InChI=1S/C23H20Cl2FN5O2/c1-14-19(23(31(3)28-14)33-18-10-8-17(26)9-11-18)12-27-32-13-20-21(25)22(29-30(20)2)15-4-6-16(24)7-5-15/h4-12H,13H2,1-3H3/b27-12-. The molecule has 7 nitrogen and oxygen atoms in total. The van der Waals surface area contributed by atoms with Gasteiger partial charge in [-0.15, -0.1) is 0 Å². The lowest BCUT2D eigenvalue weighted by Crippen LogP contribution is -2.00. The molecule has 2 heterocycles. The van der Waals surface area contributed by atoms with Crippen LogP contribution in [0, 0.1) is 12.7 Å². The second-order valence-corrected chi connectivity index (χ2v) is 8.05. The lowest BCUT2D eigenvalue weighted by Gasteiger charge is -2.07. The summed E-state index contributed by atoms with van der Waals surface area (Å²) in [5.74, 6) is 0.591. The first kappa shape index (κ1) is 22.8. The zero-order chi connectivity index (χ0) is 23.5. The van der Waals surface area contributed by atoms with Gasteiger partial charge >= 0.3 is 0 Å². The van der Waals surface area contributed by atoms with Gasteiger partial charge < -0.3 is 9.57 Å². The first-order valence-electron chi connectivity index (χ1n) is 9.93. The third-order valence-electron chi connectivity index (χ3n) is 4.92. The molecule has 0 saturated carbocycles. The summed E-state index contributed by atoms with van der Waals surface area (Å²) in [6.07, 6.45) is 1.52.